The predicted molar refractivity (Wildman–Crippen MR) is 119 cm³/mol. The summed E-state index contributed by atoms with van der Waals surface area (Å²) in [6, 6.07) is 7.76. The first-order chi connectivity index (χ1) is 13.9. The van der Waals surface area contributed by atoms with E-state index in [2.05, 4.69) is 17.4 Å². The number of carbonyl (C=O) groups is 2. The van der Waals surface area contributed by atoms with Crippen molar-refractivity contribution in [2.75, 3.05) is 0 Å². The number of benzene rings is 1. The fraction of sp³-hybridized carbons (Fsp3) is 0.600. The number of hydrogen-bond acceptors (Lipinski definition) is 2. The highest BCUT2D eigenvalue weighted by Crippen LogP contribution is 2.34. The highest BCUT2D eigenvalue weighted by atomic mass is 35.5. The van der Waals surface area contributed by atoms with Gasteiger partial charge in [0.2, 0.25) is 5.91 Å². The summed E-state index contributed by atoms with van der Waals surface area (Å²) in [5.74, 6) is 0.839. The van der Waals surface area contributed by atoms with Gasteiger partial charge in [-0.3, -0.25) is 9.59 Å². The van der Waals surface area contributed by atoms with Crippen LogP contribution < -0.4 is 5.32 Å². The molecule has 1 N–H and O–H groups in total. The fourth-order valence-electron chi connectivity index (χ4n) is 4.73. The minimum atomic E-state index is -0.411. The number of allylic oxidation sites excluding steroid dienone is 1. The molecule has 158 valence electrons. The Morgan fingerprint density at radius 3 is 2.34 bits per heavy atom. The number of halogens is 1. The van der Waals surface area contributed by atoms with Gasteiger partial charge >= 0.3 is 0 Å². The quantitative estimate of drug-likeness (QED) is 0.443. The van der Waals surface area contributed by atoms with Crippen LogP contribution in [0, 0.1) is 11.8 Å². The molecular weight excluding hydrogens is 382 g/mol. The maximum absolute atomic E-state index is 13.0. The summed E-state index contributed by atoms with van der Waals surface area (Å²) in [6.45, 7) is 4.03. The molecule has 1 amide bonds. The molecule has 2 saturated carbocycles. The molecule has 0 saturated heterocycles. The third kappa shape index (κ3) is 6.18. The molecule has 3 rings (SSSR count). The molecule has 2 fully saturated rings. The van der Waals surface area contributed by atoms with E-state index in [9.17, 15) is 9.59 Å². The number of rotatable bonds is 6. The van der Waals surface area contributed by atoms with E-state index in [-0.39, 0.29) is 23.5 Å². The smallest absolute Gasteiger partial charge is 0.223 e. The maximum Gasteiger partial charge on any atom is 0.223 e. The first-order valence-electron chi connectivity index (χ1n) is 11.2. The zero-order valence-electron chi connectivity index (χ0n) is 17.8. The zero-order valence-corrected chi connectivity index (χ0v) is 18.5. The van der Waals surface area contributed by atoms with E-state index in [1.807, 2.05) is 32.1 Å². The van der Waals surface area contributed by atoms with Gasteiger partial charge in [-0.1, -0.05) is 56.0 Å². The molecule has 0 spiro atoms. The second kappa shape index (κ2) is 10.4. The average Bonchev–Trinajstić information content (AvgIpc) is 3.14. The van der Waals surface area contributed by atoms with Crippen molar-refractivity contribution in [3.63, 3.8) is 0 Å². The van der Waals surface area contributed by atoms with Gasteiger partial charge in [0, 0.05) is 10.9 Å². The highest BCUT2D eigenvalue weighted by molar-refractivity contribution is 6.30. The van der Waals surface area contributed by atoms with Crippen LogP contribution in [0.5, 0.6) is 0 Å². The Morgan fingerprint density at radius 2 is 1.69 bits per heavy atom. The van der Waals surface area contributed by atoms with Crippen LogP contribution in [0.2, 0.25) is 5.02 Å². The fourth-order valence-corrected chi connectivity index (χ4v) is 4.86. The summed E-state index contributed by atoms with van der Waals surface area (Å²) in [4.78, 5) is 25.5. The number of ketones is 1. The van der Waals surface area contributed by atoms with Gasteiger partial charge < -0.3 is 5.32 Å². The SMILES string of the molecule is CC(C)[C@@H](NC(=O)C1CCCC1)C(=O)/C=C1/CCCC(c2ccc(Cl)cc2)CC1. The molecule has 0 aliphatic heterocycles. The maximum atomic E-state index is 13.0. The standard InChI is InChI=1S/C25H34ClNO2/c1-17(2)24(27-25(29)21-7-3-4-8-21)23(28)16-18-6-5-9-19(11-10-18)20-12-14-22(26)15-13-20/h12-17,19,21,24H,3-11H2,1-2H3,(H,27,29)/b18-16-/t19?,24-/m1/s1. The van der Waals surface area contributed by atoms with E-state index in [1.165, 1.54) is 11.1 Å². The Kier molecular flexibility index (Phi) is 7.94. The van der Waals surface area contributed by atoms with Gasteiger partial charge in [-0.2, -0.15) is 0 Å². The van der Waals surface area contributed by atoms with E-state index >= 15 is 0 Å². The number of carbonyl (C=O) groups excluding carboxylic acids is 2. The molecule has 29 heavy (non-hydrogen) atoms. The monoisotopic (exact) mass is 415 g/mol. The van der Waals surface area contributed by atoms with Crippen molar-refractivity contribution >= 4 is 23.3 Å². The molecule has 4 heteroatoms. The zero-order chi connectivity index (χ0) is 20.8. The van der Waals surface area contributed by atoms with Crippen LogP contribution in [-0.2, 0) is 9.59 Å². The molecule has 2 aliphatic rings. The van der Waals surface area contributed by atoms with Crippen LogP contribution in [0.15, 0.2) is 35.9 Å². The Bertz CT molecular complexity index is 732. The predicted octanol–water partition coefficient (Wildman–Crippen LogP) is 6.21. The summed E-state index contributed by atoms with van der Waals surface area (Å²) in [5.41, 5.74) is 2.57. The topological polar surface area (TPSA) is 46.2 Å². The number of hydrogen-bond donors (Lipinski definition) is 1. The number of amides is 1. The van der Waals surface area contributed by atoms with Crippen LogP contribution in [0.25, 0.3) is 0 Å². The van der Waals surface area contributed by atoms with Gasteiger partial charge in [0.1, 0.15) is 0 Å². The Labute approximate surface area is 180 Å². The first kappa shape index (κ1) is 22.1. The molecule has 1 unspecified atom stereocenters. The van der Waals surface area contributed by atoms with Gasteiger partial charge in [-0.05, 0) is 80.6 Å². The number of nitrogens with one attached hydrogen (secondary N) is 1. The lowest BCUT2D eigenvalue weighted by atomic mass is 9.91. The Hall–Kier alpha value is -1.61. The summed E-state index contributed by atoms with van der Waals surface area (Å²) < 4.78 is 0. The van der Waals surface area contributed by atoms with Crippen molar-refractivity contribution < 1.29 is 9.59 Å². The van der Waals surface area contributed by atoms with Crippen LogP contribution in [0.4, 0.5) is 0 Å². The highest BCUT2D eigenvalue weighted by Gasteiger charge is 2.29. The van der Waals surface area contributed by atoms with E-state index in [0.717, 1.165) is 62.8 Å². The second-order valence-electron chi connectivity index (χ2n) is 9.10. The summed E-state index contributed by atoms with van der Waals surface area (Å²) in [7, 11) is 0. The summed E-state index contributed by atoms with van der Waals surface area (Å²) in [5, 5.41) is 3.83. The van der Waals surface area contributed by atoms with E-state index in [4.69, 9.17) is 11.6 Å². The first-order valence-corrected chi connectivity index (χ1v) is 11.6. The van der Waals surface area contributed by atoms with E-state index in [1.54, 1.807) is 0 Å². The van der Waals surface area contributed by atoms with Crippen LogP contribution >= 0.6 is 11.6 Å². The lowest BCUT2D eigenvalue weighted by Gasteiger charge is -2.22. The largest absolute Gasteiger partial charge is 0.345 e. The average molecular weight is 416 g/mol. The second-order valence-corrected chi connectivity index (χ2v) is 9.53. The van der Waals surface area contributed by atoms with Gasteiger partial charge in [0.25, 0.3) is 0 Å². The van der Waals surface area contributed by atoms with Crippen LogP contribution in [0.3, 0.4) is 0 Å². The lowest BCUT2D eigenvalue weighted by molar-refractivity contribution is -0.129. The molecule has 0 radical (unpaired) electrons. The van der Waals surface area contributed by atoms with E-state index < -0.39 is 6.04 Å². The molecular formula is C25H34ClNO2. The molecule has 0 bridgehead atoms. The van der Waals surface area contributed by atoms with Crippen molar-refractivity contribution in [3.8, 4) is 0 Å². The van der Waals surface area contributed by atoms with Crippen LogP contribution in [-0.4, -0.2) is 17.7 Å². The van der Waals surface area contributed by atoms with Gasteiger partial charge in [-0.15, -0.1) is 0 Å². The minimum absolute atomic E-state index is 0.0614. The summed E-state index contributed by atoms with van der Waals surface area (Å²) in [6.07, 6.45) is 11.2. The van der Waals surface area contributed by atoms with Crippen molar-refractivity contribution in [2.24, 2.45) is 11.8 Å². The Morgan fingerprint density at radius 1 is 1.00 bits per heavy atom. The molecule has 2 atom stereocenters. The third-order valence-corrected chi connectivity index (χ3v) is 6.80. The van der Waals surface area contributed by atoms with Crippen molar-refractivity contribution in [1.82, 2.24) is 5.32 Å². The third-order valence-electron chi connectivity index (χ3n) is 6.55. The minimum Gasteiger partial charge on any atom is -0.345 e. The van der Waals surface area contributed by atoms with Crippen LogP contribution in [0.1, 0.15) is 83.1 Å². The van der Waals surface area contributed by atoms with Gasteiger partial charge in [-0.25, -0.2) is 0 Å². The normalized spacial score (nSPS) is 23.2. The Balaban J connectivity index is 1.61. The van der Waals surface area contributed by atoms with Crippen molar-refractivity contribution in [3.05, 3.63) is 46.5 Å². The molecule has 0 aromatic heterocycles. The van der Waals surface area contributed by atoms with Crippen molar-refractivity contribution in [2.45, 2.75) is 83.6 Å². The van der Waals surface area contributed by atoms with Crippen molar-refractivity contribution in [1.29, 1.82) is 0 Å². The van der Waals surface area contributed by atoms with Gasteiger partial charge in [0.05, 0.1) is 6.04 Å². The molecule has 1 aromatic carbocycles. The molecule has 3 nitrogen and oxygen atoms in total. The lowest BCUT2D eigenvalue weighted by Crippen LogP contribution is -2.45. The molecule has 1 aromatic rings. The van der Waals surface area contributed by atoms with E-state index in [0.29, 0.717) is 5.92 Å². The summed E-state index contributed by atoms with van der Waals surface area (Å²) >= 11 is 6.02. The molecule has 0 heterocycles. The van der Waals surface area contributed by atoms with Gasteiger partial charge in [0.15, 0.2) is 5.78 Å². The molecule has 2 aliphatic carbocycles.